The lowest BCUT2D eigenvalue weighted by Crippen LogP contribution is -1.85. The van der Waals surface area contributed by atoms with Crippen molar-refractivity contribution in [3.05, 3.63) is 65.8 Å². The molecule has 0 saturated heterocycles. The molecule has 0 aliphatic heterocycles. The highest BCUT2D eigenvalue weighted by molar-refractivity contribution is 6.32. The summed E-state index contributed by atoms with van der Waals surface area (Å²) in [4.78, 5) is 4.42. The minimum absolute atomic E-state index is 0.551. The fourth-order valence-corrected chi connectivity index (χ4v) is 2.17. The standard InChI is InChI=1S/C15H10ClN/c16-15-13(11-6-2-1-3-7-11)10-12-8-4-5-9-14(12)17-15/h1-10H. The monoisotopic (exact) mass is 239 g/mol. The third-order valence-electron chi connectivity index (χ3n) is 2.76. The molecule has 1 heterocycles. The minimum Gasteiger partial charge on any atom is -0.235 e. The highest BCUT2D eigenvalue weighted by Crippen LogP contribution is 2.29. The third-order valence-corrected chi connectivity index (χ3v) is 3.05. The van der Waals surface area contributed by atoms with E-state index in [0.717, 1.165) is 22.0 Å². The van der Waals surface area contributed by atoms with E-state index >= 15 is 0 Å². The van der Waals surface area contributed by atoms with E-state index in [0.29, 0.717) is 5.15 Å². The van der Waals surface area contributed by atoms with Crippen molar-refractivity contribution in [2.45, 2.75) is 0 Å². The molecule has 17 heavy (non-hydrogen) atoms. The first-order valence-electron chi connectivity index (χ1n) is 5.45. The lowest BCUT2D eigenvalue weighted by molar-refractivity contribution is 1.41. The summed E-state index contributed by atoms with van der Waals surface area (Å²) in [7, 11) is 0. The molecule has 0 aliphatic rings. The van der Waals surface area contributed by atoms with Crippen LogP contribution in [0.4, 0.5) is 0 Å². The van der Waals surface area contributed by atoms with Crippen molar-refractivity contribution in [3.63, 3.8) is 0 Å². The molecule has 0 unspecified atom stereocenters. The molecule has 3 rings (SSSR count). The number of aromatic nitrogens is 1. The molecule has 0 saturated carbocycles. The Morgan fingerprint density at radius 3 is 2.35 bits per heavy atom. The van der Waals surface area contributed by atoms with Gasteiger partial charge in [0.15, 0.2) is 0 Å². The molecule has 3 aromatic rings. The summed E-state index contributed by atoms with van der Waals surface area (Å²) >= 11 is 6.23. The lowest BCUT2D eigenvalue weighted by Gasteiger charge is -2.05. The highest BCUT2D eigenvalue weighted by Gasteiger charge is 2.06. The molecule has 0 aliphatic carbocycles. The van der Waals surface area contributed by atoms with Crippen molar-refractivity contribution in [1.29, 1.82) is 0 Å². The van der Waals surface area contributed by atoms with Crippen molar-refractivity contribution < 1.29 is 0 Å². The maximum absolute atomic E-state index is 6.23. The Hall–Kier alpha value is -1.86. The van der Waals surface area contributed by atoms with Gasteiger partial charge in [-0.05, 0) is 17.7 Å². The number of rotatable bonds is 1. The zero-order valence-corrected chi connectivity index (χ0v) is 9.85. The van der Waals surface area contributed by atoms with Crippen LogP contribution in [-0.4, -0.2) is 4.98 Å². The van der Waals surface area contributed by atoms with Gasteiger partial charge < -0.3 is 0 Å². The quantitative estimate of drug-likeness (QED) is 0.568. The van der Waals surface area contributed by atoms with E-state index in [1.54, 1.807) is 0 Å². The Bertz CT molecular complexity index is 662. The summed E-state index contributed by atoms with van der Waals surface area (Å²) < 4.78 is 0. The van der Waals surface area contributed by atoms with Crippen molar-refractivity contribution >= 4 is 22.5 Å². The molecule has 0 bridgehead atoms. The van der Waals surface area contributed by atoms with E-state index in [4.69, 9.17) is 11.6 Å². The van der Waals surface area contributed by atoms with Gasteiger partial charge in [-0.1, -0.05) is 60.1 Å². The molecule has 0 N–H and O–H groups in total. The van der Waals surface area contributed by atoms with E-state index < -0.39 is 0 Å². The maximum Gasteiger partial charge on any atom is 0.137 e. The van der Waals surface area contributed by atoms with E-state index in [1.165, 1.54) is 0 Å². The van der Waals surface area contributed by atoms with Crippen LogP contribution in [0.5, 0.6) is 0 Å². The molecular weight excluding hydrogens is 230 g/mol. The van der Waals surface area contributed by atoms with Crippen LogP contribution in [0, 0.1) is 0 Å². The Morgan fingerprint density at radius 1 is 0.824 bits per heavy atom. The van der Waals surface area contributed by atoms with Crippen LogP contribution in [0.1, 0.15) is 0 Å². The number of nitrogens with zero attached hydrogens (tertiary/aromatic N) is 1. The summed E-state index contributed by atoms with van der Waals surface area (Å²) in [6, 6.07) is 20.1. The average Bonchev–Trinajstić information content (AvgIpc) is 2.39. The second-order valence-electron chi connectivity index (χ2n) is 3.89. The molecule has 1 aromatic heterocycles. The predicted molar refractivity (Wildman–Crippen MR) is 72.2 cm³/mol. The number of hydrogen-bond acceptors (Lipinski definition) is 1. The van der Waals surface area contributed by atoms with E-state index in [9.17, 15) is 0 Å². The van der Waals surface area contributed by atoms with Crippen molar-refractivity contribution in [2.24, 2.45) is 0 Å². The molecule has 0 fully saturated rings. The summed E-state index contributed by atoms with van der Waals surface area (Å²) in [5.74, 6) is 0. The molecule has 2 aromatic carbocycles. The summed E-state index contributed by atoms with van der Waals surface area (Å²) in [6.45, 7) is 0. The molecule has 0 amide bonds. The topological polar surface area (TPSA) is 12.9 Å². The van der Waals surface area contributed by atoms with E-state index in [-0.39, 0.29) is 0 Å². The Labute approximate surface area is 105 Å². The van der Waals surface area contributed by atoms with Gasteiger partial charge in [0, 0.05) is 10.9 Å². The van der Waals surface area contributed by atoms with Gasteiger partial charge in [0.1, 0.15) is 5.15 Å². The maximum atomic E-state index is 6.23. The van der Waals surface area contributed by atoms with Crippen LogP contribution < -0.4 is 0 Å². The Kier molecular flexibility index (Phi) is 2.54. The number of benzene rings is 2. The van der Waals surface area contributed by atoms with Crippen LogP contribution in [-0.2, 0) is 0 Å². The number of hydrogen-bond donors (Lipinski definition) is 0. The molecule has 0 radical (unpaired) electrons. The number of fused-ring (bicyclic) bond motifs is 1. The average molecular weight is 240 g/mol. The first-order valence-corrected chi connectivity index (χ1v) is 5.83. The molecule has 0 spiro atoms. The summed E-state index contributed by atoms with van der Waals surface area (Å²) in [5, 5.41) is 1.66. The third kappa shape index (κ3) is 1.90. The van der Waals surface area contributed by atoms with Gasteiger partial charge >= 0.3 is 0 Å². The van der Waals surface area contributed by atoms with Gasteiger partial charge in [0.2, 0.25) is 0 Å². The predicted octanol–water partition coefficient (Wildman–Crippen LogP) is 4.56. The molecule has 0 atom stereocenters. The van der Waals surface area contributed by atoms with Gasteiger partial charge in [0.25, 0.3) is 0 Å². The molecule has 2 heteroatoms. The van der Waals surface area contributed by atoms with Gasteiger partial charge in [-0.2, -0.15) is 0 Å². The SMILES string of the molecule is Clc1nc2ccccc2cc1-c1ccccc1. The second-order valence-corrected chi connectivity index (χ2v) is 4.24. The Balaban J connectivity index is 2.27. The Morgan fingerprint density at radius 2 is 1.53 bits per heavy atom. The van der Waals surface area contributed by atoms with Gasteiger partial charge in [-0.25, -0.2) is 4.98 Å². The fraction of sp³-hybridized carbons (Fsp3) is 0. The second kappa shape index (κ2) is 4.19. The van der Waals surface area contributed by atoms with Crippen molar-refractivity contribution in [1.82, 2.24) is 4.98 Å². The normalized spacial score (nSPS) is 10.6. The molecule has 1 nitrogen and oxygen atoms in total. The van der Waals surface area contributed by atoms with E-state index in [1.807, 2.05) is 54.6 Å². The largest absolute Gasteiger partial charge is 0.235 e. The first kappa shape index (κ1) is 10.3. The van der Waals surface area contributed by atoms with Gasteiger partial charge in [-0.15, -0.1) is 0 Å². The number of pyridine rings is 1. The minimum atomic E-state index is 0.551. The van der Waals surface area contributed by atoms with Crippen LogP contribution in [0.2, 0.25) is 5.15 Å². The zero-order valence-electron chi connectivity index (χ0n) is 9.10. The summed E-state index contributed by atoms with van der Waals surface area (Å²) in [6.07, 6.45) is 0. The number of halogens is 1. The fourth-order valence-electron chi connectivity index (χ4n) is 1.91. The van der Waals surface area contributed by atoms with Gasteiger partial charge in [-0.3, -0.25) is 0 Å². The van der Waals surface area contributed by atoms with Crippen LogP contribution in [0.3, 0.4) is 0 Å². The highest BCUT2D eigenvalue weighted by atomic mass is 35.5. The van der Waals surface area contributed by atoms with Crippen molar-refractivity contribution in [3.8, 4) is 11.1 Å². The lowest BCUT2D eigenvalue weighted by atomic mass is 10.1. The first-order chi connectivity index (χ1) is 8.34. The van der Waals surface area contributed by atoms with E-state index in [2.05, 4.69) is 11.1 Å². The summed E-state index contributed by atoms with van der Waals surface area (Å²) in [5.41, 5.74) is 3.00. The smallest absolute Gasteiger partial charge is 0.137 e. The molecular formula is C15H10ClN. The molecule has 82 valence electrons. The number of para-hydroxylation sites is 1. The zero-order chi connectivity index (χ0) is 11.7. The van der Waals surface area contributed by atoms with Crippen LogP contribution in [0.25, 0.3) is 22.0 Å². The van der Waals surface area contributed by atoms with Crippen LogP contribution in [0.15, 0.2) is 60.7 Å². The van der Waals surface area contributed by atoms with Crippen LogP contribution >= 0.6 is 11.6 Å². The van der Waals surface area contributed by atoms with Gasteiger partial charge in [0.05, 0.1) is 5.52 Å². The van der Waals surface area contributed by atoms with Crippen molar-refractivity contribution in [2.75, 3.05) is 0 Å².